The minimum Gasteiger partial charge on any atom is -0.453 e. The average Bonchev–Trinajstić information content (AvgIpc) is 2.53. The third-order valence-corrected chi connectivity index (χ3v) is 5.02. The first kappa shape index (κ1) is 22.6. The van der Waals surface area contributed by atoms with Crippen LogP contribution in [-0.4, -0.2) is 67.3 Å². The summed E-state index contributed by atoms with van der Waals surface area (Å²) in [6.45, 7) is 9.51. The van der Waals surface area contributed by atoms with E-state index in [2.05, 4.69) is 42.7 Å². The number of guanidine groups is 1. The number of thioether (sulfide) groups is 1. The van der Waals surface area contributed by atoms with Gasteiger partial charge in [0.15, 0.2) is 5.96 Å². The molecule has 136 valence electrons. The number of ether oxygens (including phenoxy) is 1. The first-order valence-electron chi connectivity index (χ1n) is 7.84. The highest BCUT2D eigenvalue weighted by atomic mass is 127. The molecule has 0 unspecified atom stereocenters. The predicted molar refractivity (Wildman–Crippen MR) is 109 cm³/mol. The molecule has 0 bridgehead atoms. The van der Waals surface area contributed by atoms with Crippen molar-refractivity contribution in [2.75, 3.05) is 39.5 Å². The van der Waals surface area contributed by atoms with Crippen molar-refractivity contribution >= 4 is 47.8 Å². The van der Waals surface area contributed by atoms with Crippen molar-refractivity contribution in [3.05, 3.63) is 0 Å². The summed E-state index contributed by atoms with van der Waals surface area (Å²) in [6.07, 6.45) is 3.69. The fourth-order valence-electron chi connectivity index (χ4n) is 2.18. The van der Waals surface area contributed by atoms with Crippen LogP contribution in [0.25, 0.3) is 0 Å². The summed E-state index contributed by atoms with van der Waals surface area (Å²) in [5, 5.41) is 6.78. The molecule has 6 nitrogen and oxygen atoms in total. The van der Waals surface area contributed by atoms with Gasteiger partial charge in [0.05, 0.1) is 13.7 Å². The van der Waals surface area contributed by atoms with Crippen molar-refractivity contribution in [1.82, 2.24) is 15.5 Å². The Morgan fingerprint density at radius 2 is 2.00 bits per heavy atom. The molecule has 0 atom stereocenters. The average molecular weight is 458 g/mol. The van der Waals surface area contributed by atoms with Crippen molar-refractivity contribution in [3.63, 3.8) is 0 Å². The molecular formula is C15H31IN4O2S. The molecule has 0 spiro atoms. The Balaban J connectivity index is 0.00000484. The Morgan fingerprint density at radius 3 is 2.48 bits per heavy atom. The Labute approximate surface area is 161 Å². The summed E-state index contributed by atoms with van der Waals surface area (Å²) in [5.74, 6) is 0.862. The Bertz CT molecular complexity index is 386. The van der Waals surface area contributed by atoms with E-state index in [-0.39, 0.29) is 34.8 Å². The van der Waals surface area contributed by atoms with Gasteiger partial charge in [-0.25, -0.2) is 4.79 Å². The molecule has 0 aliphatic carbocycles. The maximum atomic E-state index is 11.5. The van der Waals surface area contributed by atoms with Crippen LogP contribution in [0.5, 0.6) is 0 Å². The first-order valence-corrected chi connectivity index (χ1v) is 9.07. The Morgan fingerprint density at radius 1 is 1.39 bits per heavy atom. The molecule has 1 heterocycles. The monoisotopic (exact) mass is 458 g/mol. The molecule has 1 saturated heterocycles. The van der Waals surface area contributed by atoms with Gasteiger partial charge in [-0.1, -0.05) is 0 Å². The third kappa shape index (κ3) is 8.32. The van der Waals surface area contributed by atoms with Gasteiger partial charge in [-0.2, -0.15) is 11.8 Å². The topological polar surface area (TPSA) is 66.0 Å². The molecule has 1 aliphatic heterocycles. The second kappa shape index (κ2) is 11.2. The fourth-order valence-corrected chi connectivity index (χ4v) is 2.38. The van der Waals surface area contributed by atoms with E-state index in [0.29, 0.717) is 6.04 Å². The van der Waals surface area contributed by atoms with Crippen LogP contribution >= 0.6 is 35.7 Å². The number of piperidine rings is 1. The number of likely N-dealkylation sites (tertiary alicyclic amines) is 1. The smallest absolute Gasteiger partial charge is 0.409 e. The molecule has 0 aromatic carbocycles. The molecule has 0 aromatic rings. The van der Waals surface area contributed by atoms with Crippen LogP contribution < -0.4 is 10.6 Å². The minimum absolute atomic E-state index is 0. The summed E-state index contributed by atoms with van der Waals surface area (Å²) in [4.78, 5) is 17.9. The number of nitrogens with one attached hydrogen (secondary N) is 2. The second-order valence-corrected chi connectivity index (χ2v) is 7.55. The third-order valence-electron chi connectivity index (χ3n) is 3.78. The number of hydrogen-bond donors (Lipinski definition) is 2. The first-order chi connectivity index (χ1) is 10.4. The van der Waals surface area contributed by atoms with Crippen LogP contribution in [0.1, 0.15) is 33.6 Å². The quantitative estimate of drug-likeness (QED) is 0.377. The van der Waals surface area contributed by atoms with E-state index in [4.69, 9.17) is 4.74 Å². The molecular weight excluding hydrogens is 427 g/mol. The second-order valence-electron chi connectivity index (χ2n) is 6.03. The van der Waals surface area contributed by atoms with Crippen molar-refractivity contribution in [2.45, 2.75) is 44.4 Å². The van der Waals surface area contributed by atoms with Gasteiger partial charge in [0.1, 0.15) is 0 Å². The maximum absolute atomic E-state index is 11.5. The summed E-state index contributed by atoms with van der Waals surface area (Å²) in [5.41, 5.74) is 0. The van der Waals surface area contributed by atoms with Crippen LogP contribution in [0.3, 0.4) is 0 Å². The number of carbonyl (C=O) groups is 1. The molecule has 2 N–H and O–H groups in total. The highest BCUT2D eigenvalue weighted by Gasteiger charge is 2.24. The van der Waals surface area contributed by atoms with E-state index in [1.165, 1.54) is 7.11 Å². The molecule has 0 saturated carbocycles. The molecule has 23 heavy (non-hydrogen) atoms. The molecule has 0 radical (unpaired) electrons. The highest BCUT2D eigenvalue weighted by molar-refractivity contribution is 14.0. The van der Waals surface area contributed by atoms with Gasteiger partial charge in [0.25, 0.3) is 0 Å². The molecule has 0 aromatic heterocycles. The van der Waals surface area contributed by atoms with E-state index in [1.54, 1.807) is 4.90 Å². The molecule has 1 fully saturated rings. The lowest BCUT2D eigenvalue weighted by Crippen LogP contribution is -2.50. The lowest BCUT2D eigenvalue weighted by Gasteiger charge is -2.32. The van der Waals surface area contributed by atoms with Gasteiger partial charge in [-0.3, -0.25) is 4.99 Å². The van der Waals surface area contributed by atoms with E-state index in [9.17, 15) is 4.79 Å². The zero-order valence-electron chi connectivity index (χ0n) is 14.8. The zero-order chi connectivity index (χ0) is 16.6. The van der Waals surface area contributed by atoms with Crippen molar-refractivity contribution in [2.24, 2.45) is 4.99 Å². The van der Waals surface area contributed by atoms with Crippen LogP contribution in [-0.2, 0) is 4.74 Å². The molecule has 8 heteroatoms. The van der Waals surface area contributed by atoms with Crippen LogP contribution in [0.15, 0.2) is 4.99 Å². The van der Waals surface area contributed by atoms with Crippen molar-refractivity contribution in [3.8, 4) is 0 Å². The van der Waals surface area contributed by atoms with Crippen LogP contribution in [0.4, 0.5) is 4.79 Å². The van der Waals surface area contributed by atoms with Gasteiger partial charge in [0, 0.05) is 30.4 Å². The van der Waals surface area contributed by atoms with Crippen molar-refractivity contribution in [1.29, 1.82) is 0 Å². The van der Waals surface area contributed by atoms with Gasteiger partial charge in [-0.15, -0.1) is 24.0 Å². The zero-order valence-corrected chi connectivity index (χ0v) is 18.0. The van der Waals surface area contributed by atoms with Crippen LogP contribution in [0, 0.1) is 0 Å². The van der Waals surface area contributed by atoms with Gasteiger partial charge < -0.3 is 20.3 Å². The van der Waals surface area contributed by atoms with Gasteiger partial charge >= 0.3 is 6.09 Å². The highest BCUT2D eigenvalue weighted by Crippen LogP contribution is 2.21. The van der Waals surface area contributed by atoms with Crippen molar-refractivity contribution < 1.29 is 9.53 Å². The number of amides is 1. The number of hydrogen-bond acceptors (Lipinski definition) is 4. The fraction of sp³-hybridized carbons (Fsp3) is 0.867. The number of nitrogens with zero attached hydrogens (tertiary/aromatic N) is 2. The standard InChI is InChI=1S/C15H30N4O2S.HI/c1-6-16-13(17-11-15(2,3)22-5)18-12-7-9-19(10-8-12)14(20)21-4;/h12H,6-11H2,1-5H3,(H2,16,17,18);1H. The Hall–Kier alpha value is -0.380. The minimum atomic E-state index is -0.235. The number of halogens is 1. The molecule has 1 rings (SSSR count). The normalized spacial score (nSPS) is 16.6. The lowest BCUT2D eigenvalue weighted by atomic mass is 10.1. The molecule has 1 amide bonds. The number of aliphatic imine (C=N–C) groups is 1. The van der Waals surface area contributed by atoms with Gasteiger partial charge in [-0.05, 0) is 39.9 Å². The summed E-state index contributed by atoms with van der Waals surface area (Å²) in [7, 11) is 1.43. The number of rotatable bonds is 5. The van der Waals surface area contributed by atoms with E-state index >= 15 is 0 Å². The van der Waals surface area contributed by atoms with E-state index in [0.717, 1.165) is 45.0 Å². The maximum Gasteiger partial charge on any atom is 0.409 e. The van der Waals surface area contributed by atoms with E-state index in [1.807, 2.05) is 11.8 Å². The summed E-state index contributed by atoms with van der Waals surface area (Å²) in [6, 6.07) is 0.344. The van der Waals surface area contributed by atoms with Gasteiger partial charge in [0.2, 0.25) is 0 Å². The number of methoxy groups -OCH3 is 1. The van der Waals surface area contributed by atoms with Crippen LogP contribution in [0.2, 0.25) is 0 Å². The largest absolute Gasteiger partial charge is 0.453 e. The summed E-state index contributed by atoms with van der Waals surface area (Å²) < 4.78 is 4.90. The van der Waals surface area contributed by atoms with E-state index < -0.39 is 0 Å². The summed E-state index contributed by atoms with van der Waals surface area (Å²) >= 11 is 1.82. The Kier molecular flexibility index (Phi) is 11.0. The number of carbonyl (C=O) groups excluding carboxylic acids is 1. The SMILES string of the molecule is CCNC(=NCC(C)(C)SC)NC1CCN(C(=O)OC)CC1.I. The molecule has 1 aliphatic rings. The predicted octanol–water partition coefficient (Wildman–Crippen LogP) is 2.53. The lowest BCUT2D eigenvalue weighted by molar-refractivity contribution is 0.111.